The normalized spacial score (nSPS) is 11.1. The Kier molecular flexibility index (Phi) is 5.93. The van der Waals surface area contributed by atoms with E-state index in [4.69, 9.17) is 4.74 Å². The highest BCUT2D eigenvalue weighted by atomic mass is 16.5. The molecule has 20 heavy (non-hydrogen) atoms. The van der Waals surface area contributed by atoms with Crippen LogP contribution in [0, 0.1) is 0 Å². The number of aromatic nitrogens is 1. The maximum Gasteiger partial charge on any atom is 0.128 e. The number of hydrogen-bond acceptors (Lipinski definition) is 2. The number of hydrogen-bond donors (Lipinski definition) is 1. The summed E-state index contributed by atoms with van der Waals surface area (Å²) in [4.78, 5) is 0. The second kappa shape index (κ2) is 7.95. The fourth-order valence-electron chi connectivity index (χ4n) is 2.40. The van der Waals surface area contributed by atoms with Crippen molar-refractivity contribution in [3.8, 4) is 5.75 Å². The predicted octanol–water partition coefficient (Wildman–Crippen LogP) is 3.82. The van der Waals surface area contributed by atoms with E-state index in [0.717, 1.165) is 44.8 Å². The van der Waals surface area contributed by atoms with Crippen molar-refractivity contribution in [2.75, 3.05) is 19.7 Å². The second-order valence-corrected chi connectivity index (χ2v) is 5.15. The zero-order valence-corrected chi connectivity index (χ0v) is 12.7. The number of benzene rings is 1. The summed E-state index contributed by atoms with van der Waals surface area (Å²) < 4.78 is 8.13. The molecule has 1 heterocycles. The van der Waals surface area contributed by atoms with Gasteiger partial charge in [0.05, 0.1) is 12.1 Å². The van der Waals surface area contributed by atoms with Crippen molar-refractivity contribution in [1.82, 2.24) is 9.88 Å². The highest BCUT2D eigenvalue weighted by molar-refractivity contribution is 5.86. The van der Waals surface area contributed by atoms with Gasteiger partial charge < -0.3 is 14.6 Å². The molecule has 2 aromatic rings. The van der Waals surface area contributed by atoms with Crippen molar-refractivity contribution < 1.29 is 4.74 Å². The van der Waals surface area contributed by atoms with Crippen LogP contribution in [0.3, 0.4) is 0 Å². The van der Waals surface area contributed by atoms with Gasteiger partial charge in [-0.2, -0.15) is 0 Å². The van der Waals surface area contributed by atoms with Gasteiger partial charge in [0.15, 0.2) is 0 Å². The van der Waals surface area contributed by atoms with E-state index in [2.05, 4.69) is 54.2 Å². The van der Waals surface area contributed by atoms with Crippen LogP contribution in [-0.4, -0.2) is 24.3 Å². The molecule has 0 aliphatic heterocycles. The molecular weight excluding hydrogens is 248 g/mol. The summed E-state index contributed by atoms with van der Waals surface area (Å²) in [5, 5.41) is 4.67. The molecule has 1 N–H and O–H groups in total. The van der Waals surface area contributed by atoms with Crippen LogP contribution < -0.4 is 10.1 Å². The zero-order chi connectivity index (χ0) is 14.2. The van der Waals surface area contributed by atoms with E-state index in [9.17, 15) is 0 Å². The Morgan fingerprint density at radius 3 is 2.80 bits per heavy atom. The van der Waals surface area contributed by atoms with Crippen LogP contribution in [-0.2, 0) is 6.54 Å². The van der Waals surface area contributed by atoms with Gasteiger partial charge in [-0.15, -0.1) is 0 Å². The van der Waals surface area contributed by atoms with Gasteiger partial charge in [0.2, 0.25) is 0 Å². The number of aryl methyl sites for hydroxylation is 1. The standard InChI is InChI=1S/C17H26N2O/c1-3-10-18-11-6-12-19-13-9-15-16(19)7-5-8-17(15)20-14-4-2/h5,7-9,13,18H,3-4,6,10-12,14H2,1-2H3. The van der Waals surface area contributed by atoms with Crippen LogP contribution in [0.2, 0.25) is 0 Å². The third kappa shape index (κ3) is 3.76. The summed E-state index contributed by atoms with van der Waals surface area (Å²) in [6.45, 7) is 8.36. The minimum atomic E-state index is 0.783. The molecule has 0 fully saturated rings. The fraction of sp³-hybridized carbons (Fsp3) is 0.529. The lowest BCUT2D eigenvalue weighted by molar-refractivity contribution is 0.321. The summed E-state index contributed by atoms with van der Waals surface area (Å²) in [5.41, 5.74) is 1.27. The molecule has 0 saturated heterocycles. The zero-order valence-electron chi connectivity index (χ0n) is 12.7. The van der Waals surface area contributed by atoms with E-state index < -0.39 is 0 Å². The van der Waals surface area contributed by atoms with Crippen molar-refractivity contribution >= 4 is 10.9 Å². The van der Waals surface area contributed by atoms with Gasteiger partial charge in [-0.25, -0.2) is 0 Å². The molecule has 2 rings (SSSR count). The Morgan fingerprint density at radius 1 is 1.10 bits per heavy atom. The van der Waals surface area contributed by atoms with E-state index in [1.54, 1.807) is 0 Å². The molecule has 1 aromatic heterocycles. The maximum atomic E-state index is 5.81. The lowest BCUT2D eigenvalue weighted by atomic mass is 10.2. The van der Waals surface area contributed by atoms with E-state index in [1.165, 1.54) is 17.3 Å². The molecule has 0 amide bonds. The topological polar surface area (TPSA) is 26.2 Å². The minimum Gasteiger partial charge on any atom is -0.493 e. The smallest absolute Gasteiger partial charge is 0.128 e. The molecule has 0 aliphatic rings. The first kappa shape index (κ1) is 14.9. The number of fused-ring (bicyclic) bond motifs is 1. The summed E-state index contributed by atoms with van der Waals surface area (Å²) in [7, 11) is 0. The molecule has 0 unspecified atom stereocenters. The van der Waals surface area contributed by atoms with E-state index in [-0.39, 0.29) is 0 Å². The molecule has 0 radical (unpaired) electrons. The maximum absolute atomic E-state index is 5.81. The molecule has 1 aromatic carbocycles. The molecule has 0 bridgehead atoms. The third-order valence-corrected chi connectivity index (χ3v) is 3.41. The van der Waals surface area contributed by atoms with E-state index >= 15 is 0 Å². The Morgan fingerprint density at radius 2 is 2.00 bits per heavy atom. The number of nitrogens with zero attached hydrogens (tertiary/aromatic N) is 1. The molecule has 3 nitrogen and oxygen atoms in total. The lowest BCUT2D eigenvalue weighted by Crippen LogP contribution is -2.17. The summed E-state index contributed by atoms with van der Waals surface area (Å²) >= 11 is 0. The fourth-order valence-corrected chi connectivity index (χ4v) is 2.40. The highest BCUT2D eigenvalue weighted by Crippen LogP contribution is 2.26. The van der Waals surface area contributed by atoms with Gasteiger partial charge in [-0.1, -0.05) is 19.9 Å². The number of rotatable bonds is 9. The molecule has 110 valence electrons. The van der Waals surface area contributed by atoms with Crippen molar-refractivity contribution in [3.63, 3.8) is 0 Å². The second-order valence-electron chi connectivity index (χ2n) is 5.15. The van der Waals surface area contributed by atoms with Crippen molar-refractivity contribution in [3.05, 3.63) is 30.5 Å². The van der Waals surface area contributed by atoms with Gasteiger partial charge in [0.25, 0.3) is 0 Å². The molecular formula is C17H26N2O. The first-order valence-corrected chi connectivity index (χ1v) is 7.78. The first-order valence-electron chi connectivity index (χ1n) is 7.78. The molecule has 3 heteroatoms. The minimum absolute atomic E-state index is 0.783. The first-order chi connectivity index (χ1) is 9.86. The average molecular weight is 274 g/mol. The molecule has 0 saturated carbocycles. The van der Waals surface area contributed by atoms with Gasteiger partial charge in [0.1, 0.15) is 5.75 Å². The Bertz CT molecular complexity index is 519. The molecule has 0 aliphatic carbocycles. The summed E-state index contributed by atoms with van der Waals surface area (Å²) in [6, 6.07) is 8.48. The Labute approximate surface area is 121 Å². The summed E-state index contributed by atoms with van der Waals surface area (Å²) in [5.74, 6) is 1.01. The monoisotopic (exact) mass is 274 g/mol. The Balaban J connectivity index is 2.00. The van der Waals surface area contributed by atoms with Gasteiger partial charge in [-0.05, 0) is 50.6 Å². The van der Waals surface area contributed by atoms with Crippen molar-refractivity contribution in [2.45, 2.75) is 39.7 Å². The van der Waals surface area contributed by atoms with Crippen LogP contribution in [0.1, 0.15) is 33.1 Å². The van der Waals surface area contributed by atoms with Gasteiger partial charge in [-0.3, -0.25) is 0 Å². The Hall–Kier alpha value is -1.48. The van der Waals surface area contributed by atoms with Crippen LogP contribution in [0.25, 0.3) is 10.9 Å². The highest BCUT2D eigenvalue weighted by Gasteiger charge is 2.06. The average Bonchev–Trinajstić information content (AvgIpc) is 2.89. The quantitative estimate of drug-likeness (QED) is 0.704. The van der Waals surface area contributed by atoms with Crippen LogP contribution in [0.5, 0.6) is 5.75 Å². The van der Waals surface area contributed by atoms with Crippen molar-refractivity contribution in [2.24, 2.45) is 0 Å². The van der Waals surface area contributed by atoms with E-state index in [0.29, 0.717) is 0 Å². The largest absolute Gasteiger partial charge is 0.493 e. The number of ether oxygens (including phenoxy) is 1. The summed E-state index contributed by atoms with van der Waals surface area (Å²) in [6.07, 6.45) is 5.57. The predicted molar refractivity (Wildman–Crippen MR) is 85.5 cm³/mol. The van der Waals surface area contributed by atoms with Gasteiger partial charge >= 0.3 is 0 Å². The number of nitrogens with one attached hydrogen (secondary N) is 1. The third-order valence-electron chi connectivity index (χ3n) is 3.41. The van der Waals surface area contributed by atoms with E-state index in [1.807, 2.05) is 0 Å². The molecule has 0 atom stereocenters. The lowest BCUT2D eigenvalue weighted by Gasteiger charge is -2.09. The van der Waals surface area contributed by atoms with Crippen LogP contribution >= 0.6 is 0 Å². The SMILES string of the molecule is CCCNCCCn1ccc2c(OCCC)cccc21. The van der Waals surface area contributed by atoms with Crippen LogP contribution in [0.15, 0.2) is 30.5 Å². The van der Waals surface area contributed by atoms with Crippen LogP contribution in [0.4, 0.5) is 0 Å². The molecule has 0 spiro atoms. The van der Waals surface area contributed by atoms with Crippen molar-refractivity contribution in [1.29, 1.82) is 0 Å². The van der Waals surface area contributed by atoms with Gasteiger partial charge in [0, 0.05) is 18.1 Å².